The Morgan fingerprint density at radius 1 is 1.21 bits per heavy atom. The summed E-state index contributed by atoms with van der Waals surface area (Å²) in [4.78, 5) is 25.9. The number of carbonyl (C=O) groups is 2. The zero-order valence-electron chi connectivity index (χ0n) is 14.2. The van der Waals surface area contributed by atoms with E-state index in [1.165, 1.54) is 12.5 Å². The highest BCUT2D eigenvalue weighted by molar-refractivity contribution is 6.04. The maximum absolute atomic E-state index is 12.2. The maximum atomic E-state index is 12.2. The molecule has 0 aliphatic carbocycles. The second kappa shape index (κ2) is 8.19. The van der Waals surface area contributed by atoms with Gasteiger partial charge in [-0.15, -0.1) is 0 Å². The first-order chi connectivity index (χ1) is 11.5. The monoisotopic (exact) mass is 329 g/mol. The van der Waals surface area contributed by atoms with Crippen LogP contribution in [0.25, 0.3) is 0 Å². The van der Waals surface area contributed by atoms with Gasteiger partial charge >= 0.3 is 6.03 Å². The summed E-state index contributed by atoms with van der Waals surface area (Å²) in [5, 5.41) is 5.60. The molecule has 6 heteroatoms. The molecule has 0 unspecified atom stereocenters. The van der Waals surface area contributed by atoms with Crippen LogP contribution in [0.5, 0.6) is 0 Å². The van der Waals surface area contributed by atoms with Gasteiger partial charge in [-0.2, -0.15) is 0 Å². The van der Waals surface area contributed by atoms with Crippen LogP contribution in [0.3, 0.4) is 0 Å². The van der Waals surface area contributed by atoms with E-state index < -0.39 is 0 Å². The Kier molecular flexibility index (Phi) is 6.01. The Hall–Kier alpha value is -2.76. The third-order valence-electron chi connectivity index (χ3n) is 3.78. The van der Waals surface area contributed by atoms with Crippen molar-refractivity contribution < 1.29 is 14.0 Å². The molecule has 1 aromatic carbocycles. The summed E-state index contributed by atoms with van der Waals surface area (Å²) in [6.45, 7) is 4.90. The van der Waals surface area contributed by atoms with Crippen LogP contribution in [-0.4, -0.2) is 30.4 Å². The van der Waals surface area contributed by atoms with E-state index in [4.69, 9.17) is 4.42 Å². The minimum absolute atomic E-state index is 0.173. The number of nitrogens with zero attached hydrogens (tertiary/aromatic N) is 1. The molecule has 0 saturated carbocycles. The van der Waals surface area contributed by atoms with Gasteiger partial charge in [-0.25, -0.2) is 4.79 Å². The van der Waals surface area contributed by atoms with Gasteiger partial charge < -0.3 is 20.0 Å². The van der Waals surface area contributed by atoms with Crippen LogP contribution in [0.4, 0.5) is 16.2 Å². The zero-order valence-corrected chi connectivity index (χ0v) is 14.2. The average Bonchev–Trinajstić information content (AvgIpc) is 3.09. The average molecular weight is 329 g/mol. The highest BCUT2D eigenvalue weighted by Crippen LogP contribution is 2.17. The number of benzene rings is 1. The molecule has 3 amide bonds. The lowest BCUT2D eigenvalue weighted by molar-refractivity contribution is 0.102. The minimum Gasteiger partial charge on any atom is -0.472 e. The Morgan fingerprint density at radius 3 is 2.54 bits per heavy atom. The van der Waals surface area contributed by atoms with Crippen molar-refractivity contribution in [2.75, 3.05) is 24.2 Å². The molecule has 1 heterocycles. The summed E-state index contributed by atoms with van der Waals surface area (Å²) in [6.07, 6.45) is 3.84. The number of furan rings is 1. The van der Waals surface area contributed by atoms with Crippen molar-refractivity contribution in [2.24, 2.45) is 5.92 Å². The van der Waals surface area contributed by atoms with Crippen molar-refractivity contribution in [3.8, 4) is 0 Å². The van der Waals surface area contributed by atoms with Gasteiger partial charge in [0.05, 0.1) is 11.8 Å². The fourth-order valence-corrected chi connectivity index (χ4v) is 2.17. The Balaban J connectivity index is 1.97. The van der Waals surface area contributed by atoms with E-state index in [1.807, 2.05) is 0 Å². The smallest absolute Gasteiger partial charge is 0.321 e. The zero-order chi connectivity index (χ0) is 17.5. The van der Waals surface area contributed by atoms with E-state index in [-0.39, 0.29) is 11.9 Å². The quantitative estimate of drug-likeness (QED) is 0.840. The standard InChI is InChI=1S/C18H23N3O3/c1-4-13(2)11-21(3)18(23)20-16-7-5-6-15(10-16)19-17(22)14-8-9-24-12-14/h5-10,12-13H,4,11H2,1-3H3,(H,19,22)(H,20,23)/t13-/m1/s1. The second-order valence-electron chi connectivity index (χ2n) is 5.87. The Labute approximate surface area is 141 Å². The fraction of sp³-hybridized carbons (Fsp3) is 0.333. The van der Waals surface area contributed by atoms with Crippen LogP contribution in [0.15, 0.2) is 47.3 Å². The van der Waals surface area contributed by atoms with E-state index in [2.05, 4.69) is 24.5 Å². The molecule has 2 aromatic rings. The fourth-order valence-electron chi connectivity index (χ4n) is 2.17. The molecule has 24 heavy (non-hydrogen) atoms. The van der Waals surface area contributed by atoms with Crippen LogP contribution in [0, 0.1) is 5.92 Å². The molecule has 1 atom stereocenters. The van der Waals surface area contributed by atoms with Crippen molar-refractivity contribution in [1.29, 1.82) is 0 Å². The molecule has 6 nitrogen and oxygen atoms in total. The van der Waals surface area contributed by atoms with Crippen LogP contribution in [0.2, 0.25) is 0 Å². The largest absolute Gasteiger partial charge is 0.472 e. The van der Waals surface area contributed by atoms with Crippen LogP contribution < -0.4 is 10.6 Å². The highest BCUT2D eigenvalue weighted by atomic mass is 16.3. The maximum Gasteiger partial charge on any atom is 0.321 e. The molecule has 2 N–H and O–H groups in total. The van der Waals surface area contributed by atoms with Crippen LogP contribution in [-0.2, 0) is 0 Å². The summed E-state index contributed by atoms with van der Waals surface area (Å²) < 4.78 is 4.89. The minimum atomic E-state index is -0.263. The highest BCUT2D eigenvalue weighted by Gasteiger charge is 2.12. The van der Waals surface area contributed by atoms with Gasteiger partial charge in [-0.1, -0.05) is 26.3 Å². The molecule has 0 spiro atoms. The lowest BCUT2D eigenvalue weighted by Crippen LogP contribution is -2.34. The number of anilines is 2. The number of nitrogens with one attached hydrogen (secondary N) is 2. The molecule has 128 valence electrons. The first-order valence-electron chi connectivity index (χ1n) is 7.95. The Bertz CT molecular complexity index is 683. The van der Waals surface area contributed by atoms with Gasteiger partial charge in [0.1, 0.15) is 6.26 Å². The van der Waals surface area contributed by atoms with Gasteiger partial charge in [0.25, 0.3) is 5.91 Å². The predicted octanol–water partition coefficient (Wildman–Crippen LogP) is 4.04. The molecule has 2 rings (SSSR count). The van der Waals surface area contributed by atoms with Crippen molar-refractivity contribution in [3.05, 3.63) is 48.4 Å². The molecular formula is C18H23N3O3. The van der Waals surface area contributed by atoms with Gasteiger partial charge in [0, 0.05) is 25.0 Å². The van der Waals surface area contributed by atoms with Crippen molar-refractivity contribution in [1.82, 2.24) is 4.90 Å². The lowest BCUT2D eigenvalue weighted by Gasteiger charge is -2.21. The summed E-state index contributed by atoms with van der Waals surface area (Å²) >= 11 is 0. The SMILES string of the molecule is CC[C@@H](C)CN(C)C(=O)Nc1cccc(NC(=O)c2ccoc2)c1. The van der Waals surface area contributed by atoms with Crippen molar-refractivity contribution in [3.63, 3.8) is 0 Å². The normalized spacial score (nSPS) is 11.6. The molecule has 0 radical (unpaired) electrons. The van der Waals surface area contributed by atoms with Gasteiger partial charge in [-0.05, 0) is 30.2 Å². The van der Waals surface area contributed by atoms with Gasteiger partial charge in [0.15, 0.2) is 0 Å². The van der Waals surface area contributed by atoms with E-state index in [9.17, 15) is 9.59 Å². The molecule has 0 aliphatic heterocycles. The van der Waals surface area contributed by atoms with Crippen LogP contribution in [0.1, 0.15) is 30.6 Å². The third kappa shape index (κ3) is 4.87. The molecule has 1 aromatic heterocycles. The topological polar surface area (TPSA) is 74.6 Å². The summed E-state index contributed by atoms with van der Waals surface area (Å²) in [7, 11) is 1.77. The molecule has 0 fully saturated rings. The van der Waals surface area contributed by atoms with Gasteiger partial charge in [-0.3, -0.25) is 4.79 Å². The van der Waals surface area contributed by atoms with E-state index in [0.29, 0.717) is 29.4 Å². The van der Waals surface area contributed by atoms with E-state index >= 15 is 0 Å². The molecule has 0 bridgehead atoms. The first kappa shape index (κ1) is 17.6. The number of urea groups is 1. The summed E-state index contributed by atoms with van der Waals surface area (Å²) in [5.41, 5.74) is 1.67. The molecular weight excluding hydrogens is 306 g/mol. The number of amides is 3. The van der Waals surface area contributed by atoms with Crippen molar-refractivity contribution >= 4 is 23.3 Å². The summed E-state index contributed by atoms with van der Waals surface area (Å²) in [5.74, 6) is 0.183. The predicted molar refractivity (Wildman–Crippen MR) is 94.2 cm³/mol. The lowest BCUT2D eigenvalue weighted by atomic mass is 10.1. The third-order valence-corrected chi connectivity index (χ3v) is 3.78. The van der Waals surface area contributed by atoms with E-state index in [1.54, 1.807) is 42.3 Å². The summed E-state index contributed by atoms with van der Waals surface area (Å²) in [6, 6.07) is 8.44. The van der Waals surface area contributed by atoms with Gasteiger partial charge in [0.2, 0.25) is 0 Å². The number of hydrogen-bond acceptors (Lipinski definition) is 3. The van der Waals surface area contributed by atoms with Crippen molar-refractivity contribution in [2.45, 2.75) is 20.3 Å². The molecule has 0 saturated heterocycles. The number of hydrogen-bond donors (Lipinski definition) is 2. The van der Waals surface area contributed by atoms with Crippen LogP contribution >= 0.6 is 0 Å². The first-order valence-corrected chi connectivity index (χ1v) is 7.95. The molecule has 0 aliphatic rings. The number of rotatable bonds is 6. The second-order valence-corrected chi connectivity index (χ2v) is 5.87. The Morgan fingerprint density at radius 2 is 1.92 bits per heavy atom. The van der Waals surface area contributed by atoms with E-state index in [0.717, 1.165) is 6.42 Å². The number of carbonyl (C=O) groups excluding carboxylic acids is 2.